The van der Waals surface area contributed by atoms with Gasteiger partial charge in [0.25, 0.3) is 0 Å². The van der Waals surface area contributed by atoms with E-state index in [1.807, 2.05) is 0 Å². The lowest BCUT2D eigenvalue weighted by Crippen LogP contribution is -2.05. The first-order chi connectivity index (χ1) is 6.07. The largest absolute Gasteiger partial charge is 0.506 e. The van der Waals surface area contributed by atoms with Gasteiger partial charge in [-0.3, -0.25) is 0 Å². The van der Waals surface area contributed by atoms with Gasteiger partial charge in [-0.05, 0) is 13.1 Å². The lowest BCUT2D eigenvalue weighted by Gasteiger charge is -2.07. The van der Waals surface area contributed by atoms with Crippen molar-refractivity contribution in [1.82, 2.24) is 5.32 Å². The Kier molecular flexibility index (Phi) is 3.36. The molecule has 0 bridgehead atoms. The highest BCUT2D eigenvalue weighted by atomic mass is 35.5. The van der Waals surface area contributed by atoms with Crippen molar-refractivity contribution < 1.29 is 9.50 Å². The first kappa shape index (κ1) is 10.6. The Bertz CT molecular complexity index is 330. The molecule has 0 heterocycles. The van der Waals surface area contributed by atoms with Crippen LogP contribution in [0.2, 0.25) is 10.0 Å². The Balaban J connectivity index is 3.24. The topological polar surface area (TPSA) is 32.3 Å². The molecule has 0 radical (unpaired) electrons. The zero-order valence-corrected chi connectivity index (χ0v) is 8.38. The van der Waals surface area contributed by atoms with Gasteiger partial charge in [-0.1, -0.05) is 23.2 Å². The summed E-state index contributed by atoms with van der Waals surface area (Å²) in [5.74, 6) is -0.808. The highest BCUT2D eigenvalue weighted by molar-refractivity contribution is 6.43. The van der Waals surface area contributed by atoms with E-state index in [0.717, 1.165) is 6.07 Å². The van der Waals surface area contributed by atoms with Crippen LogP contribution < -0.4 is 5.32 Å². The summed E-state index contributed by atoms with van der Waals surface area (Å²) in [6.07, 6.45) is 0. The fourth-order valence-corrected chi connectivity index (χ4v) is 1.32. The van der Waals surface area contributed by atoms with E-state index < -0.39 is 5.82 Å². The predicted octanol–water partition coefficient (Wildman–Crippen LogP) is 2.56. The molecule has 0 aromatic heterocycles. The molecule has 72 valence electrons. The zero-order chi connectivity index (χ0) is 10.0. The second kappa shape index (κ2) is 4.13. The van der Waals surface area contributed by atoms with E-state index in [9.17, 15) is 9.50 Å². The molecule has 1 aromatic rings. The summed E-state index contributed by atoms with van der Waals surface area (Å²) < 4.78 is 13.0. The number of benzene rings is 1. The molecule has 2 N–H and O–H groups in total. The number of phenols is 1. The summed E-state index contributed by atoms with van der Waals surface area (Å²) in [6, 6.07) is 1.15. The molecule has 5 heteroatoms. The van der Waals surface area contributed by atoms with Crippen molar-refractivity contribution >= 4 is 23.2 Å². The van der Waals surface area contributed by atoms with Gasteiger partial charge in [-0.2, -0.15) is 0 Å². The molecule has 2 nitrogen and oxygen atoms in total. The number of hydrogen-bond acceptors (Lipinski definition) is 2. The van der Waals surface area contributed by atoms with Crippen LogP contribution in [0.4, 0.5) is 4.39 Å². The molecule has 0 saturated heterocycles. The highest BCUT2D eigenvalue weighted by Gasteiger charge is 2.13. The van der Waals surface area contributed by atoms with Crippen molar-refractivity contribution in [2.45, 2.75) is 6.54 Å². The summed E-state index contributed by atoms with van der Waals surface area (Å²) >= 11 is 11.0. The molecule has 0 amide bonds. The van der Waals surface area contributed by atoms with E-state index in [1.54, 1.807) is 7.05 Å². The smallest absolute Gasteiger partial charge is 0.143 e. The maximum absolute atomic E-state index is 13.0. The number of nitrogens with one attached hydrogen (secondary N) is 1. The quantitative estimate of drug-likeness (QED) is 0.756. The number of hydrogen-bond donors (Lipinski definition) is 2. The summed E-state index contributed by atoms with van der Waals surface area (Å²) in [4.78, 5) is 0. The number of aromatic hydroxyl groups is 1. The van der Waals surface area contributed by atoms with Crippen LogP contribution in [-0.4, -0.2) is 12.2 Å². The number of phenolic OH excluding ortho intramolecular Hbond substituents is 1. The Hall–Kier alpha value is -0.510. The molecule has 0 atom stereocenters. The molecule has 0 aliphatic rings. The number of rotatable bonds is 2. The maximum Gasteiger partial charge on any atom is 0.143 e. The molecule has 0 unspecified atom stereocenters. The van der Waals surface area contributed by atoms with E-state index in [0.29, 0.717) is 12.1 Å². The molecule has 0 saturated carbocycles. The van der Waals surface area contributed by atoms with Crippen molar-refractivity contribution in [3.05, 3.63) is 27.5 Å². The van der Waals surface area contributed by atoms with Crippen molar-refractivity contribution in [2.24, 2.45) is 0 Å². The molecule has 0 aliphatic carbocycles. The van der Waals surface area contributed by atoms with Crippen LogP contribution in [0.3, 0.4) is 0 Å². The lowest BCUT2D eigenvalue weighted by atomic mass is 10.2. The van der Waals surface area contributed by atoms with Gasteiger partial charge in [-0.25, -0.2) is 4.39 Å². The first-order valence-corrected chi connectivity index (χ1v) is 4.33. The van der Waals surface area contributed by atoms with Gasteiger partial charge in [-0.15, -0.1) is 0 Å². The van der Waals surface area contributed by atoms with Crippen LogP contribution in [0, 0.1) is 5.82 Å². The van der Waals surface area contributed by atoms with Gasteiger partial charge in [0.05, 0.1) is 5.02 Å². The first-order valence-electron chi connectivity index (χ1n) is 3.58. The third-order valence-corrected chi connectivity index (χ3v) is 2.42. The average Bonchev–Trinajstić information content (AvgIpc) is 2.11. The van der Waals surface area contributed by atoms with E-state index in [4.69, 9.17) is 23.2 Å². The predicted molar refractivity (Wildman–Crippen MR) is 50.8 cm³/mol. The standard InChI is InChI=1S/C8H8Cl2FNO/c1-12-3-4-2-5(11)6(9)7(10)8(4)13/h2,12-13H,3H2,1H3. The summed E-state index contributed by atoms with van der Waals surface area (Å²) in [5.41, 5.74) is 0.384. The third-order valence-electron chi connectivity index (χ3n) is 1.58. The van der Waals surface area contributed by atoms with Crippen LogP contribution in [0.15, 0.2) is 6.07 Å². The third kappa shape index (κ3) is 2.05. The second-order valence-corrected chi connectivity index (χ2v) is 3.28. The summed E-state index contributed by atoms with van der Waals surface area (Å²) in [7, 11) is 1.68. The van der Waals surface area contributed by atoms with Crippen molar-refractivity contribution in [2.75, 3.05) is 7.05 Å². The van der Waals surface area contributed by atoms with E-state index in [-0.39, 0.29) is 15.8 Å². The van der Waals surface area contributed by atoms with Crippen LogP contribution in [0.1, 0.15) is 5.56 Å². The monoisotopic (exact) mass is 223 g/mol. The van der Waals surface area contributed by atoms with Gasteiger partial charge in [0.2, 0.25) is 0 Å². The van der Waals surface area contributed by atoms with Gasteiger partial charge < -0.3 is 10.4 Å². The molecule has 13 heavy (non-hydrogen) atoms. The Morgan fingerprint density at radius 2 is 2.08 bits per heavy atom. The van der Waals surface area contributed by atoms with Crippen LogP contribution in [0.5, 0.6) is 5.75 Å². The minimum absolute atomic E-state index is 0.146. The Morgan fingerprint density at radius 1 is 1.46 bits per heavy atom. The SMILES string of the molecule is CNCc1cc(F)c(Cl)c(Cl)c1O. The minimum atomic E-state index is -0.630. The van der Waals surface area contributed by atoms with Gasteiger partial charge in [0, 0.05) is 12.1 Å². The summed E-state index contributed by atoms with van der Waals surface area (Å²) in [6.45, 7) is 0.333. The summed E-state index contributed by atoms with van der Waals surface area (Å²) in [5, 5.41) is 11.8. The van der Waals surface area contributed by atoms with Gasteiger partial charge in [0.15, 0.2) is 0 Å². The zero-order valence-electron chi connectivity index (χ0n) is 6.87. The Labute approximate surface area is 85.3 Å². The molecule has 1 aromatic carbocycles. The fraction of sp³-hybridized carbons (Fsp3) is 0.250. The average molecular weight is 224 g/mol. The Morgan fingerprint density at radius 3 is 2.62 bits per heavy atom. The van der Waals surface area contributed by atoms with E-state index in [1.165, 1.54) is 0 Å². The van der Waals surface area contributed by atoms with Crippen molar-refractivity contribution in [3.63, 3.8) is 0 Å². The van der Waals surface area contributed by atoms with Crippen molar-refractivity contribution in [1.29, 1.82) is 0 Å². The molecule has 0 aliphatic heterocycles. The second-order valence-electron chi connectivity index (χ2n) is 2.52. The van der Waals surface area contributed by atoms with Crippen molar-refractivity contribution in [3.8, 4) is 5.75 Å². The maximum atomic E-state index is 13.0. The number of halogens is 3. The van der Waals surface area contributed by atoms with Crippen LogP contribution in [0.25, 0.3) is 0 Å². The highest BCUT2D eigenvalue weighted by Crippen LogP contribution is 2.36. The molecular weight excluding hydrogens is 216 g/mol. The van der Waals surface area contributed by atoms with Gasteiger partial charge >= 0.3 is 0 Å². The molecule has 1 rings (SSSR count). The lowest BCUT2D eigenvalue weighted by molar-refractivity contribution is 0.463. The van der Waals surface area contributed by atoms with E-state index in [2.05, 4.69) is 5.32 Å². The van der Waals surface area contributed by atoms with E-state index >= 15 is 0 Å². The molecule has 0 fully saturated rings. The van der Waals surface area contributed by atoms with Gasteiger partial charge in [0.1, 0.15) is 16.6 Å². The van der Waals surface area contributed by atoms with Crippen LogP contribution >= 0.6 is 23.2 Å². The minimum Gasteiger partial charge on any atom is -0.506 e. The molecule has 0 spiro atoms. The normalized spacial score (nSPS) is 10.5. The molecular formula is C8H8Cl2FNO. The van der Waals surface area contributed by atoms with Crippen LogP contribution in [-0.2, 0) is 6.54 Å². The fourth-order valence-electron chi connectivity index (χ4n) is 0.960.